The number of fused-ring (bicyclic) bond motifs is 2. The molecular weight excluding hydrogens is 653 g/mol. The number of unbranched alkanes of at least 4 members (excludes halogenated alkanes) is 6. The fraction of sp³-hybridized carbons (Fsp3) is 0.289. The number of benzene rings is 5. The zero-order valence-electron chi connectivity index (χ0n) is 29.2. The van der Waals surface area contributed by atoms with Gasteiger partial charge in [0.05, 0.1) is 0 Å². The highest BCUT2D eigenvalue weighted by Crippen LogP contribution is 2.41. The van der Waals surface area contributed by atoms with E-state index in [1.54, 1.807) is 23.9 Å². The van der Waals surface area contributed by atoms with Crippen molar-refractivity contribution in [3.8, 4) is 5.75 Å². The number of ketones is 2. The van der Waals surface area contributed by atoms with Crippen LogP contribution in [0, 0.1) is 0 Å². The molecule has 0 aliphatic heterocycles. The molecule has 0 heterocycles. The highest BCUT2D eigenvalue weighted by atomic mass is 32.2. The number of carbonyl (C=O) groups is 2. The highest BCUT2D eigenvalue weighted by Gasteiger charge is 2.33. The second kappa shape index (κ2) is 17.7. The first-order chi connectivity index (χ1) is 24.5. The normalized spacial score (nSPS) is 12.1. The molecule has 0 fully saturated rings. The quantitative estimate of drug-likeness (QED) is 0.0887. The molecule has 0 unspecified atom stereocenters. The van der Waals surface area contributed by atoms with Crippen LogP contribution in [0.1, 0.15) is 114 Å². The molecule has 0 saturated carbocycles. The second-order valence-electron chi connectivity index (χ2n) is 13.1. The van der Waals surface area contributed by atoms with Gasteiger partial charge in [0.2, 0.25) is 0 Å². The van der Waals surface area contributed by atoms with Gasteiger partial charge < -0.3 is 4.74 Å². The highest BCUT2D eigenvalue weighted by molar-refractivity contribution is 7.99. The molecule has 0 spiro atoms. The van der Waals surface area contributed by atoms with E-state index >= 15 is 0 Å². The van der Waals surface area contributed by atoms with Crippen LogP contribution in [0.2, 0.25) is 0 Å². The molecule has 0 N–H and O–H groups in total. The number of carbonyl (C=O) groups excluding carboxylic acids is 2. The predicted molar refractivity (Wildman–Crippen MR) is 207 cm³/mol. The van der Waals surface area contributed by atoms with Crippen molar-refractivity contribution in [1.82, 2.24) is 0 Å². The summed E-state index contributed by atoms with van der Waals surface area (Å²) in [6, 6.07) is 36.5. The van der Waals surface area contributed by atoms with Crippen molar-refractivity contribution >= 4 is 35.1 Å². The van der Waals surface area contributed by atoms with E-state index in [-0.39, 0.29) is 11.6 Å². The summed E-state index contributed by atoms with van der Waals surface area (Å²) in [4.78, 5) is 31.6. The molecule has 0 bridgehead atoms. The third-order valence-corrected chi connectivity index (χ3v) is 11.4. The molecule has 256 valence electrons. The van der Waals surface area contributed by atoms with Crippen LogP contribution >= 0.6 is 23.5 Å². The van der Waals surface area contributed by atoms with Gasteiger partial charge in [0.1, 0.15) is 12.4 Å². The van der Waals surface area contributed by atoms with Crippen molar-refractivity contribution in [2.24, 2.45) is 0 Å². The van der Waals surface area contributed by atoms with Crippen LogP contribution in [-0.4, -0.2) is 11.6 Å². The first-order valence-electron chi connectivity index (χ1n) is 18.1. The van der Waals surface area contributed by atoms with Gasteiger partial charge in [0.15, 0.2) is 11.6 Å². The minimum Gasteiger partial charge on any atom is -0.489 e. The molecule has 0 aromatic heterocycles. The summed E-state index contributed by atoms with van der Waals surface area (Å²) < 4.78 is 6.10. The lowest BCUT2D eigenvalue weighted by atomic mass is 9.84. The van der Waals surface area contributed by atoms with E-state index in [1.165, 1.54) is 74.3 Å². The Morgan fingerprint density at radius 3 is 1.50 bits per heavy atom. The van der Waals surface area contributed by atoms with Crippen LogP contribution in [-0.2, 0) is 19.4 Å². The smallest absolute Gasteiger partial charge is 0.195 e. The van der Waals surface area contributed by atoms with Crippen molar-refractivity contribution in [2.45, 2.75) is 104 Å². The van der Waals surface area contributed by atoms with Gasteiger partial charge in [-0.2, -0.15) is 0 Å². The van der Waals surface area contributed by atoms with Crippen LogP contribution in [0.4, 0.5) is 0 Å². The maximum atomic E-state index is 14.0. The van der Waals surface area contributed by atoms with E-state index in [1.807, 2.05) is 48.5 Å². The van der Waals surface area contributed by atoms with Crippen molar-refractivity contribution in [3.63, 3.8) is 0 Å². The summed E-state index contributed by atoms with van der Waals surface area (Å²) in [5.41, 5.74) is 5.78. The van der Waals surface area contributed by atoms with Gasteiger partial charge in [-0.15, -0.1) is 0 Å². The lowest BCUT2D eigenvalue weighted by Crippen LogP contribution is -2.22. The molecule has 5 heteroatoms. The second-order valence-corrected chi connectivity index (χ2v) is 15.3. The standard InChI is InChI=1S/C45H46O3S2/c1-3-5-7-8-9-10-14-33-19-21-34(22-20-33)31-48-35-25-29-37(30-26-35)50-41-18-12-16-39-43(41)45(47)38-15-11-17-40(42(38)44(39)46)49-36-27-23-32(24-28-36)13-6-4-2/h11-12,15-30H,3-10,13-14,31H2,1-2H3. The van der Waals surface area contributed by atoms with E-state index in [4.69, 9.17) is 4.74 Å². The molecule has 0 atom stereocenters. The number of aryl methyl sites for hydroxylation is 2. The van der Waals surface area contributed by atoms with Crippen LogP contribution in [0.5, 0.6) is 5.75 Å². The van der Waals surface area contributed by atoms with Crippen LogP contribution in [0.3, 0.4) is 0 Å². The van der Waals surface area contributed by atoms with E-state index in [9.17, 15) is 9.59 Å². The van der Waals surface area contributed by atoms with E-state index in [2.05, 4.69) is 62.4 Å². The van der Waals surface area contributed by atoms with Crippen molar-refractivity contribution in [3.05, 3.63) is 148 Å². The molecule has 5 aromatic rings. The number of ether oxygens (including phenoxy) is 1. The van der Waals surface area contributed by atoms with Crippen LogP contribution in [0.25, 0.3) is 0 Å². The number of hydrogen-bond acceptors (Lipinski definition) is 5. The average molecular weight is 699 g/mol. The molecule has 0 radical (unpaired) electrons. The first-order valence-corrected chi connectivity index (χ1v) is 19.8. The Morgan fingerprint density at radius 2 is 0.940 bits per heavy atom. The molecule has 6 rings (SSSR count). The van der Waals surface area contributed by atoms with Crippen LogP contribution in [0.15, 0.2) is 129 Å². The minimum atomic E-state index is -0.104. The topological polar surface area (TPSA) is 43.4 Å². The maximum Gasteiger partial charge on any atom is 0.195 e. The van der Waals surface area contributed by atoms with Gasteiger partial charge in [-0.3, -0.25) is 9.59 Å². The molecule has 1 aliphatic rings. The van der Waals surface area contributed by atoms with Crippen LogP contribution < -0.4 is 4.74 Å². The SMILES string of the molecule is CCCCCCCCc1ccc(COc2ccc(Sc3cccc4c3C(=O)c3cccc(Sc5ccc(CCCC)cc5)c3C4=O)cc2)cc1. The molecule has 0 saturated heterocycles. The van der Waals surface area contributed by atoms with Gasteiger partial charge in [-0.25, -0.2) is 0 Å². The largest absolute Gasteiger partial charge is 0.489 e. The maximum absolute atomic E-state index is 14.0. The third-order valence-electron chi connectivity index (χ3n) is 9.27. The van der Waals surface area contributed by atoms with Crippen molar-refractivity contribution in [1.29, 1.82) is 0 Å². The fourth-order valence-corrected chi connectivity index (χ4v) is 8.34. The average Bonchev–Trinajstić information content (AvgIpc) is 3.15. The summed E-state index contributed by atoms with van der Waals surface area (Å²) in [5.74, 6) is 0.591. The molecule has 1 aliphatic carbocycles. The Balaban J connectivity index is 1.08. The van der Waals surface area contributed by atoms with Crippen molar-refractivity contribution in [2.75, 3.05) is 0 Å². The zero-order chi connectivity index (χ0) is 34.7. The van der Waals surface area contributed by atoms with Gasteiger partial charge in [0.25, 0.3) is 0 Å². The molecule has 3 nitrogen and oxygen atoms in total. The summed E-state index contributed by atoms with van der Waals surface area (Å²) in [6.07, 6.45) is 12.4. The molecule has 50 heavy (non-hydrogen) atoms. The fourth-order valence-electron chi connectivity index (χ4n) is 6.39. The Hall–Kier alpha value is -4.06. The summed E-state index contributed by atoms with van der Waals surface area (Å²) in [6.45, 7) is 4.97. The Bertz CT molecular complexity index is 1890. The first kappa shape index (κ1) is 35.8. The van der Waals surface area contributed by atoms with Gasteiger partial charge in [0, 0.05) is 41.8 Å². The van der Waals surface area contributed by atoms with Gasteiger partial charge in [-0.1, -0.05) is 137 Å². The van der Waals surface area contributed by atoms with E-state index < -0.39 is 0 Å². The Labute approximate surface area is 306 Å². The van der Waals surface area contributed by atoms with Gasteiger partial charge in [-0.05, 0) is 90.9 Å². The lowest BCUT2D eigenvalue weighted by molar-refractivity contribution is 0.0974. The van der Waals surface area contributed by atoms with E-state index in [0.717, 1.165) is 43.7 Å². The van der Waals surface area contributed by atoms with Crippen molar-refractivity contribution < 1.29 is 14.3 Å². The summed E-state index contributed by atoms with van der Waals surface area (Å²) in [7, 11) is 0. The lowest BCUT2D eigenvalue weighted by Gasteiger charge is -2.22. The number of hydrogen-bond donors (Lipinski definition) is 0. The molecule has 0 amide bonds. The molecular formula is C45H46O3S2. The Kier molecular flexibility index (Phi) is 12.7. The summed E-state index contributed by atoms with van der Waals surface area (Å²) >= 11 is 3.04. The predicted octanol–water partition coefficient (Wildman–Crippen LogP) is 12.6. The zero-order valence-corrected chi connectivity index (χ0v) is 30.8. The number of rotatable bonds is 17. The minimum absolute atomic E-state index is 0.0982. The monoisotopic (exact) mass is 698 g/mol. The summed E-state index contributed by atoms with van der Waals surface area (Å²) in [5, 5.41) is 0. The van der Waals surface area contributed by atoms with Gasteiger partial charge >= 0.3 is 0 Å². The Morgan fingerprint density at radius 1 is 0.480 bits per heavy atom. The van der Waals surface area contributed by atoms with E-state index in [0.29, 0.717) is 28.9 Å². The molecule has 5 aromatic carbocycles. The third kappa shape index (κ3) is 8.99.